The Kier molecular flexibility index (Phi) is 1.39. The van der Waals surface area contributed by atoms with Crippen molar-refractivity contribution in [1.29, 1.82) is 0 Å². The maximum Gasteiger partial charge on any atom is 0.227 e. The van der Waals surface area contributed by atoms with Gasteiger partial charge in [-0.2, -0.15) is 4.58 Å². The highest BCUT2D eigenvalue weighted by atomic mass is 15.2. The first-order chi connectivity index (χ1) is 4.20. The molecule has 9 heavy (non-hydrogen) atoms. The first-order valence-electron chi connectivity index (χ1n) is 2.92. The molecule has 1 N–H and O–H groups in total. The van der Waals surface area contributed by atoms with E-state index in [9.17, 15) is 0 Å². The Hall–Kier alpha value is -1.05. The predicted octanol–water partition coefficient (Wildman–Crippen LogP) is 0.676. The van der Waals surface area contributed by atoms with Crippen molar-refractivity contribution in [3.8, 4) is 0 Å². The van der Waals surface area contributed by atoms with Crippen LogP contribution >= 0.6 is 0 Å². The Balaban J connectivity index is 2.76. The van der Waals surface area contributed by atoms with Gasteiger partial charge in [0.25, 0.3) is 0 Å². The Bertz CT molecular complexity index is 179. The molecule has 0 aromatic rings. The molecule has 0 radical (unpaired) electrons. The number of nitrogens with one attached hydrogen (secondary N) is 1. The monoisotopic (exact) mass is 123 g/mol. The molecule has 0 unspecified atom stereocenters. The topological polar surface area (TPSA) is 15.0 Å². The van der Waals surface area contributed by atoms with Gasteiger partial charge in [0.2, 0.25) is 6.17 Å². The van der Waals surface area contributed by atoms with Crippen molar-refractivity contribution in [3.63, 3.8) is 0 Å². The average molecular weight is 123 g/mol. The molecule has 0 aliphatic carbocycles. The van der Waals surface area contributed by atoms with Crippen LogP contribution in [0.4, 0.5) is 0 Å². The van der Waals surface area contributed by atoms with Gasteiger partial charge in [0.1, 0.15) is 6.72 Å². The Morgan fingerprint density at radius 3 is 2.89 bits per heavy atom. The van der Waals surface area contributed by atoms with Crippen molar-refractivity contribution >= 4 is 6.72 Å². The molecule has 1 aliphatic rings. The van der Waals surface area contributed by atoms with Gasteiger partial charge in [-0.1, -0.05) is 6.58 Å². The summed E-state index contributed by atoms with van der Waals surface area (Å²) in [4.78, 5) is 0. The second-order valence-electron chi connectivity index (χ2n) is 2.18. The highest BCUT2D eigenvalue weighted by Crippen LogP contribution is 1.99. The minimum absolute atomic E-state index is 0.266. The number of hydrogen-bond acceptors (Lipinski definition) is 1. The third-order valence-electron chi connectivity index (χ3n) is 1.36. The molecule has 1 heterocycles. The van der Waals surface area contributed by atoms with Crippen LogP contribution < -0.4 is 5.32 Å². The molecule has 1 rings (SSSR count). The van der Waals surface area contributed by atoms with Gasteiger partial charge in [0.15, 0.2) is 6.20 Å². The largest absolute Gasteiger partial charge is 0.328 e. The first kappa shape index (κ1) is 6.08. The molecule has 0 aromatic heterocycles. The molecule has 0 saturated heterocycles. The lowest BCUT2D eigenvalue weighted by Gasteiger charge is -2.14. The fourth-order valence-corrected chi connectivity index (χ4v) is 0.714. The van der Waals surface area contributed by atoms with Crippen molar-refractivity contribution in [2.45, 2.75) is 13.1 Å². The van der Waals surface area contributed by atoms with Crippen molar-refractivity contribution in [3.05, 3.63) is 24.6 Å². The number of nitrogens with zero attached hydrogens (tertiary/aromatic N) is 1. The number of rotatable bonds is 0. The molecule has 0 amide bonds. The molecule has 0 saturated carbocycles. The van der Waals surface area contributed by atoms with E-state index in [1.54, 1.807) is 0 Å². The molecular weight excluding hydrogens is 112 g/mol. The van der Waals surface area contributed by atoms with Crippen LogP contribution in [0, 0.1) is 0 Å². The SMILES string of the molecule is C=C1C=C[N+](=C)[C@H](C)N1. The lowest BCUT2D eigenvalue weighted by molar-refractivity contribution is -0.496. The smallest absolute Gasteiger partial charge is 0.227 e. The second-order valence-corrected chi connectivity index (χ2v) is 2.18. The Morgan fingerprint density at radius 2 is 2.44 bits per heavy atom. The van der Waals surface area contributed by atoms with Crippen molar-refractivity contribution in [2.75, 3.05) is 0 Å². The normalized spacial score (nSPS) is 26.1. The van der Waals surface area contributed by atoms with Crippen LogP contribution in [-0.2, 0) is 0 Å². The van der Waals surface area contributed by atoms with E-state index in [-0.39, 0.29) is 6.17 Å². The number of allylic oxidation sites excluding steroid dienone is 1. The van der Waals surface area contributed by atoms with E-state index in [2.05, 4.69) is 18.6 Å². The minimum atomic E-state index is 0.266. The lowest BCUT2D eigenvalue weighted by atomic mass is 10.3. The summed E-state index contributed by atoms with van der Waals surface area (Å²) in [6.45, 7) is 9.53. The summed E-state index contributed by atoms with van der Waals surface area (Å²) in [6.07, 6.45) is 4.07. The second kappa shape index (κ2) is 2.05. The molecule has 1 atom stereocenters. The molecule has 48 valence electrons. The molecule has 0 bridgehead atoms. The quantitative estimate of drug-likeness (QED) is 0.468. The third kappa shape index (κ3) is 1.19. The summed E-state index contributed by atoms with van der Waals surface area (Å²) in [5.74, 6) is 0. The van der Waals surface area contributed by atoms with Crippen LogP contribution in [0.5, 0.6) is 0 Å². The van der Waals surface area contributed by atoms with Crippen LogP contribution in [0.2, 0.25) is 0 Å². The van der Waals surface area contributed by atoms with Crippen LogP contribution in [0.1, 0.15) is 6.92 Å². The maximum absolute atomic E-state index is 3.76. The summed E-state index contributed by atoms with van der Waals surface area (Å²) in [6, 6.07) is 0. The van der Waals surface area contributed by atoms with Gasteiger partial charge in [0.05, 0.1) is 0 Å². The van der Waals surface area contributed by atoms with Gasteiger partial charge in [-0.3, -0.25) is 0 Å². The first-order valence-corrected chi connectivity index (χ1v) is 2.92. The molecule has 0 fully saturated rings. The molecule has 1 aliphatic heterocycles. The van der Waals surface area contributed by atoms with E-state index in [4.69, 9.17) is 0 Å². The summed E-state index contributed by atoms with van der Waals surface area (Å²) in [5.41, 5.74) is 0.947. The molecular formula is C7H11N2+. The van der Waals surface area contributed by atoms with Crippen LogP contribution in [0.25, 0.3) is 0 Å². The summed E-state index contributed by atoms with van der Waals surface area (Å²) < 4.78 is 1.84. The minimum Gasteiger partial charge on any atom is -0.328 e. The van der Waals surface area contributed by atoms with E-state index in [1.807, 2.05) is 23.8 Å². The summed E-state index contributed by atoms with van der Waals surface area (Å²) in [5, 5.41) is 3.11. The van der Waals surface area contributed by atoms with Gasteiger partial charge >= 0.3 is 0 Å². The van der Waals surface area contributed by atoms with E-state index < -0.39 is 0 Å². The highest BCUT2D eigenvalue weighted by Gasteiger charge is 2.13. The van der Waals surface area contributed by atoms with Crippen molar-refractivity contribution in [1.82, 2.24) is 5.32 Å². The Morgan fingerprint density at radius 1 is 1.78 bits per heavy atom. The van der Waals surface area contributed by atoms with E-state index in [1.165, 1.54) is 0 Å². The summed E-state index contributed by atoms with van der Waals surface area (Å²) in [7, 11) is 0. The van der Waals surface area contributed by atoms with E-state index in [0.717, 1.165) is 5.70 Å². The van der Waals surface area contributed by atoms with Gasteiger partial charge in [0, 0.05) is 18.7 Å². The lowest BCUT2D eigenvalue weighted by Crippen LogP contribution is -2.35. The van der Waals surface area contributed by atoms with E-state index >= 15 is 0 Å². The third-order valence-corrected chi connectivity index (χ3v) is 1.36. The van der Waals surface area contributed by atoms with Crippen LogP contribution in [0.15, 0.2) is 24.6 Å². The van der Waals surface area contributed by atoms with Gasteiger partial charge in [-0.05, 0) is 0 Å². The molecule has 2 nitrogen and oxygen atoms in total. The zero-order valence-corrected chi connectivity index (χ0v) is 5.59. The van der Waals surface area contributed by atoms with E-state index in [0.29, 0.717) is 0 Å². The maximum atomic E-state index is 3.76. The average Bonchev–Trinajstić information content (AvgIpc) is 1.80. The van der Waals surface area contributed by atoms with Crippen LogP contribution in [0.3, 0.4) is 0 Å². The van der Waals surface area contributed by atoms with Gasteiger partial charge < -0.3 is 5.32 Å². The van der Waals surface area contributed by atoms with Crippen LogP contribution in [-0.4, -0.2) is 17.5 Å². The standard InChI is InChI=1S/C7H11N2/c1-6-4-5-9(3)7(2)8-6/h4-5,7-8H,1,3H2,2H3/q+1/t7-/m1/s1. The fraction of sp³-hybridized carbons (Fsp3) is 0.286. The van der Waals surface area contributed by atoms with Gasteiger partial charge in [-0.15, -0.1) is 0 Å². The zero-order valence-electron chi connectivity index (χ0n) is 5.59. The number of hydrogen-bond donors (Lipinski definition) is 1. The fourth-order valence-electron chi connectivity index (χ4n) is 0.714. The van der Waals surface area contributed by atoms with Crippen molar-refractivity contribution in [2.24, 2.45) is 0 Å². The zero-order chi connectivity index (χ0) is 6.85. The summed E-state index contributed by atoms with van der Waals surface area (Å²) >= 11 is 0. The van der Waals surface area contributed by atoms with Gasteiger partial charge in [-0.25, -0.2) is 0 Å². The Labute approximate surface area is 55.2 Å². The van der Waals surface area contributed by atoms with Crippen molar-refractivity contribution < 1.29 is 4.58 Å². The molecule has 0 spiro atoms. The predicted molar refractivity (Wildman–Crippen MR) is 38.3 cm³/mol. The highest BCUT2D eigenvalue weighted by molar-refractivity contribution is 5.20. The molecule has 2 heteroatoms. The molecule has 0 aromatic carbocycles.